The maximum atomic E-state index is 12.0. The second kappa shape index (κ2) is 5.57. The van der Waals surface area contributed by atoms with Crippen LogP contribution in [0.1, 0.15) is 10.4 Å². The number of ketones is 1. The van der Waals surface area contributed by atoms with Crippen molar-refractivity contribution in [2.45, 2.75) is 4.90 Å². The molecular formula is C14H11O4S. The highest BCUT2D eigenvalue weighted by Gasteiger charge is 2.25. The van der Waals surface area contributed by atoms with E-state index in [4.69, 9.17) is 0 Å². The van der Waals surface area contributed by atoms with Crippen molar-refractivity contribution in [3.63, 3.8) is 0 Å². The molecule has 5 radical (unpaired) electrons. The van der Waals surface area contributed by atoms with Crippen LogP contribution in [0.2, 0.25) is 0 Å². The van der Waals surface area contributed by atoms with Crippen LogP contribution in [0.15, 0.2) is 42.0 Å². The molecule has 0 amide bonds. The van der Waals surface area contributed by atoms with Crippen LogP contribution in [0.5, 0.6) is 0 Å². The second-order valence-corrected chi connectivity index (χ2v) is 5.32. The highest BCUT2D eigenvalue weighted by atomic mass is 32.2. The molecule has 1 saturated carbocycles. The molecular weight excluding hydrogens is 264 g/mol. The lowest BCUT2D eigenvalue weighted by molar-refractivity contribution is 0.101. The molecule has 1 aliphatic rings. The smallest absolute Gasteiger partial charge is 0.338 e. The highest BCUT2D eigenvalue weighted by molar-refractivity contribution is 7.86. The Morgan fingerprint density at radius 1 is 1.11 bits per heavy atom. The van der Waals surface area contributed by atoms with Crippen molar-refractivity contribution < 1.29 is 17.4 Å². The van der Waals surface area contributed by atoms with E-state index in [9.17, 15) is 13.2 Å². The van der Waals surface area contributed by atoms with Crippen LogP contribution in [0.4, 0.5) is 0 Å². The maximum absolute atomic E-state index is 12.0. The molecule has 0 N–H and O–H groups in total. The Morgan fingerprint density at radius 3 is 2.21 bits per heavy atom. The van der Waals surface area contributed by atoms with E-state index < -0.39 is 10.1 Å². The summed E-state index contributed by atoms with van der Waals surface area (Å²) >= 11 is 0. The Morgan fingerprint density at radius 2 is 1.68 bits per heavy atom. The molecule has 0 bridgehead atoms. The predicted octanol–water partition coefficient (Wildman–Crippen LogP) is 2.12. The lowest BCUT2D eigenvalue weighted by Gasteiger charge is -2.07. The van der Waals surface area contributed by atoms with Crippen LogP contribution >= 0.6 is 0 Å². The van der Waals surface area contributed by atoms with Gasteiger partial charge in [-0.2, -0.15) is 8.42 Å². The zero-order valence-corrected chi connectivity index (χ0v) is 10.8. The van der Waals surface area contributed by atoms with Gasteiger partial charge in [0, 0.05) is 5.56 Å². The van der Waals surface area contributed by atoms with E-state index in [0.717, 1.165) is 6.26 Å². The number of hydrogen-bond donors (Lipinski definition) is 0. The number of benzene rings is 1. The highest BCUT2D eigenvalue weighted by Crippen LogP contribution is 2.27. The van der Waals surface area contributed by atoms with Gasteiger partial charge in [0.25, 0.3) is 0 Å². The van der Waals surface area contributed by atoms with E-state index in [0.29, 0.717) is 11.5 Å². The van der Waals surface area contributed by atoms with Gasteiger partial charge in [0.15, 0.2) is 5.78 Å². The van der Waals surface area contributed by atoms with Gasteiger partial charge in [-0.15, -0.1) is 0 Å². The summed E-state index contributed by atoms with van der Waals surface area (Å²) in [6, 6.07) is 5.56. The summed E-state index contributed by atoms with van der Waals surface area (Å²) < 4.78 is 27.6. The molecule has 97 valence electrons. The van der Waals surface area contributed by atoms with Crippen molar-refractivity contribution in [3.8, 4) is 0 Å². The van der Waals surface area contributed by atoms with E-state index in [-0.39, 0.29) is 10.7 Å². The molecule has 0 spiro atoms. The summed E-state index contributed by atoms with van der Waals surface area (Å²) in [6.45, 7) is 3.20. The zero-order chi connectivity index (χ0) is 13.9. The van der Waals surface area contributed by atoms with E-state index >= 15 is 0 Å². The van der Waals surface area contributed by atoms with Gasteiger partial charge in [-0.05, 0) is 49.9 Å². The quantitative estimate of drug-likeness (QED) is 0.469. The summed E-state index contributed by atoms with van der Waals surface area (Å²) in [5.74, 6) is 0.413. The molecule has 1 aromatic rings. The fourth-order valence-corrected chi connectivity index (χ4v) is 2.37. The van der Waals surface area contributed by atoms with Crippen LogP contribution in [-0.2, 0) is 14.3 Å². The summed E-state index contributed by atoms with van der Waals surface area (Å²) in [7, 11) is -3.84. The van der Waals surface area contributed by atoms with Crippen molar-refractivity contribution in [2.24, 2.45) is 0 Å². The number of Topliss-reactive ketones (excluding diaryl/α,β-unsaturated/α-hetero) is 1. The number of carbonyl (C=O) groups excluding carboxylic acids is 1. The number of carbonyl (C=O) groups is 1. The molecule has 0 aliphatic heterocycles. The minimum absolute atomic E-state index is 0.0218. The summed E-state index contributed by atoms with van der Waals surface area (Å²) in [5.41, 5.74) is 0.420. The van der Waals surface area contributed by atoms with Crippen molar-refractivity contribution in [3.05, 3.63) is 74.3 Å². The Kier molecular flexibility index (Phi) is 4.04. The molecule has 4 nitrogen and oxygen atoms in total. The minimum atomic E-state index is -3.84. The third kappa shape index (κ3) is 3.04. The Bertz CT molecular complexity index is 566. The fraction of sp³-hybridized carbons (Fsp3) is 0. The number of rotatable bonds is 5. The normalized spacial score (nSPS) is 16.2. The molecule has 0 heterocycles. The largest absolute Gasteiger partial charge is 0.388 e. The molecule has 0 aromatic heterocycles. The molecule has 0 atom stereocenters. The lowest BCUT2D eigenvalue weighted by atomic mass is 9.96. The van der Waals surface area contributed by atoms with Gasteiger partial charge >= 0.3 is 10.1 Å². The molecule has 1 fully saturated rings. The van der Waals surface area contributed by atoms with Crippen LogP contribution in [0, 0.1) is 31.6 Å². The first-order valence-corrected chi connectivity index (χ1v) is 6.86. The van der Waals surface area contributed by atoms with Crippen molar-refractivity contribution >= 4 is 15.9 Å². The molecule has 1 aromatic carbocycles. The Balaban J connectivity index is 2.18. The van der Waals surface area contributed by atoms with E-state index in [2.05, 4.69) is 10.8 Å². The third-order valence-electron chi connectivity index (χ3n) is 2.52. The third-order valence-corrected chi connectivity index (χ3v) is 3.76. The lowest BCUT2D eigenvalue weighted by Crippen LogP contribution is -2.10. The predicted molar refractivity (Wildman–Crippen MR) is 69.7 cm³/mol. The van der Waals surface area contributed by atoms with Gasteiger partial charge < -0.3 is 4.18 Å². The molecule has 5 heteroatoms. The summed E-state index contributed by atoms with van der Waals surface area (Å²) in [4.78, 5) is 12.0. The van der Waals surface area contributed by atoms with Gasteiger partial charge in [0.05, 0.1) is 12.2 Å². The average Bonchev–Trinajstić information content (AvgIpc) is 2.92. The molecule has 0 unspecified atom stereocenters. The second-order valence-electron chi connectivity index (χ2n) is 3.74. The average molecular weight is 275 g/mol. The van der Waals surface area contributed by atoms with Crippen LogP contribution in [0.3, 0.4) is 0 Å². The summed E-state index contributed by atoms with van der Waals surface area (Å²) in [6.07, 6.45) is 7.79. The van der Waals surface area contributed by atoms with E-state index in [1.54, 1.807) is 25.7 Å². The van der Waals surface area contributed by atoms with E-state index in [1.165, 1.54) is 24.3 Å². The Hall–Kier alpha value is -1.62. The van der Waals surface area contributed by atoms with Crippen molar-refractivity contribution in [1.29, 1.82) is 0 Å². The van der Waals surface area contributed by atoms with Gasteiger partial charge in [0.2, 0.25) is 0 Å². The maximum Gasteiger partial charge on any atom is 0.338 e. The first-order valence-electron chi connectivity index (χ1n) is 5.45. The van der Waals surface area contributed by atoms with E-state index in [1.807, 2.05) is 0 Å². The van der Waals surface area contributed by atoms with Crippen molar-refractivity contribution in [2.75, 3.05) is 0 Å². The molecule has 0 saturated heterocycles. The number of hydrogen-bond acceptors (Lipinski definition) is 4. The van der Waals surface area contributed by atoms with Crippen LogP contribution in [-0.4, -0.2) is 14.2 Å². The van der Waals surface area contributed by atoms with Gasteiger partial charge in [0.1, 0.15) is 4.90 Å². The first-order chi connectivity index (χ1) is 9.04. The van der Waals surface area contributed by atoms with Crippen LogP contribution < -0.4 is 0 Å². The fourth-order valence-electron chi connectivity index (χ4n) is 1.61. The first kappa shape index (κ1) is 13.8. The zero-order valence-electron chi connectivity index (χ0n) is 9.94. The SMILES string of the molecule is C=COS(=O)(=O)c1ccc(C(=O)[C]2[CH][CH][CH][CH]2)cc1. The van der Waals surface area contributed by atoms with Gasteiger partial charge in [-0.25, -0.2) is 0 Å². The molecule has 1 aliphatic carbocycles. The molecule has 19 heavy (non-hydrogen) atoms. The Labute approximate surface area is 113 Å². The van der Waals surface area contributed by atoms with Gasteiger partial charge in [-0.1, -0.05) is 6.58 Å². The van der Waals surface area contributed by atoms with Crippen molar-refractivity contribution in [1.82, 2.24) is 0 Å². The molecule has 2 rings (SSSR count). The van der Waals surface area contributed by atoms with Crippen LogP contribution in [0.25, 0.3) is 0 Å². The standard InChI is InChI=1S/C14H11O4S/c1-2-18-19(16,17)13-9-7-12(8-10-13)14(15)11-5-3-4-6-11/h2-10H,1H2. The summed E-state index contributed by atoms with van der Waals surface area (Å²) in [5, 5.41) is 0. The van der Waals surface area contributed by atoms with Gasteiger partial charge in [-0.3, -0.25) is 4.79 Å². The topological polar surface area (TPSA) is 60.4 Å². The minimum Gasteiger partial charge on any atom is -0.388 e. The monoisotopic (exact) mass is 275 g/mol.